The van der Waals surface area contributed by atoms with E-state index in [1.807, 2.05) is 12.1 Å². The molecule has 1 unspecified atom stereocenters. The third-order valence-corrected chi connectivity index (χ3v) is 3.40. The quantitative estimate of drug-likeness (QED) is 0.852. The molecule has 0 spiro atoms. The summed E-state index contributed by atoms with van der Waals surface area (Å²) in [7, 11) is 0. The van der Waals surface area contributed by atoms with Crippen LogP contribution in [0.5, 0.6) is 0 Å². The number of nitrogens with one attached hydrogen (secondary N) is 1. The molecule has 2 nitrogen and oxygen atoms in total. The molecule has 0 aromatic heterocycles. The lowest BCUT2D eigenvalue weighted by Gasteiger charge is -2.37. The lowest BCUT2D eigenvalue weighted by atomic mass is 10.1. The van der Waals surface area contributed by atoms with Gasteiger partial charge in [-0.2, -0.15) is 0 Å². The molecule has 1 heterocycles. The zero-order valence-corrected chi connectivity index (χ0v) is 10.7. The summed E-state index contributed by atoms with van der Waals surface area (Å²) in [6.07, 6.45) is 0. The molecule has 0 amide bonds. The van der Waals surface area contributed by atoms with Crippen molar-refractivity contribution >= 4 is 11.6 Å². The summed E-state index contributed by atoms with van der Waals surface area (Å²) in [5, 5.41) is 4.32. The third-order valence-electron chi connectivity index (χ3n) is 3.17. The topological polar surface area (TPSA) is 15.3 Å². The fourth-order valence-corrected chi connectivity index (χ4v) is 2.40. The summed E-state index contributed by atoms with van der Waals surface area (Å²) in [6, 6.07) is 9.32. The Balaban J connectivity index is 2.02. The molecule has 2 rings (SSSR count). The molecule has 3 heteroatoms. The van der Waals surface area contributed by atoms with Crippen LogP contribution >= 0.6 is 11.6 Å². The van der Waals surface area contributed by atoms with Gasteiger partial charge >= 0.3 is 0 Å². The zero-order chi connectivity index (χ0) is 11.5. The second-order valence-corrected chi connectivity index (χ2v) is 5.15. The normalized spacial score (nSPS) is 26.9. The number of piperazine rings is 1. The fraction of sp³-hybridized carbons (Fsp3) is 0.538. The molecule has 1 aromatic carbocycles. The highest BCUT2D eigenvalue weighted by Gasteiger charge is 2.21. The van der Waals surface area contributed by atoms with Gasteiger partial charge in [-0.1, -0.05) is 23.7 Å². The van der Waals surface area contributed by atoms with Crippen LogP contribution in [0.2, 0.25) is 5.02 Å². The number of rotatable bonds is 2. The van der Waals surface area contributed by atoms with E-state index in [1.165, 1.54) is 5.56 Å². The van der Waals surface area contributed by atoms with Crippen LogP contribution in [-0.2, 0) is 6.54 Å². The van der Waals surface area contributed by atoms with Gasteiger partial charge in [-0.25, -0.2) is 0 Å². The van der Waals surface area contributed by atoms with Crippen LogP contribution in [-0.4, -0.2) is 30.1 Å². The van der Waals surface area contributed by atoms with Crippen molar-refractivity contribution in [1.82, 2.24) is 10.2 Å². The predicted molar refractivity (Wildman–Crippen MR) is 68.8 cm³/mol. The Hall–Kier alpha value is -0.570. The maximum absolute atomic E-state index is 6.00. The first kappa shape index (κ1) is 11.9. The minimum atomic E-state index is 0.579. The molecule has 16 heavy (non-hydrogen) atoms. The van der Waals surface area contributed by atoms with Gasteiger partial charge in [-0.3, -0.25) is 4.90 Å². The van der Waals surface area contributed by atoms with Gasteiger partial charge in [-0.05, 0) is 31.5 Å². The van der Waals surface area contributed by atoms with Gasteiger partial charge in [0.2, 0.25) is 0 Å². The molecule has 1 aliphatic heterocycles. The summed E-state index contributed by atoms with van der Waals surface area (Å²) in [5.41, 5.74) is 1.30. The molecule has 0 saturated carbocycles. The molecule has 1 aromatic rings. The highest BCUT2D eigenvalue weighted by atomic mass is 35.5. The van der Waals surface area contributed by atoms with E-state index in [-0.39, 0.29) is 0 Å². The molecule has 0 aliphatic carbocycles. The maximum atomic E-state index is 6.00. The number of hydrogen-bond acceptors (Lipinski definition) is 2. The van der Waals surface area contributed by atoms with Crippen molar-refractivity contribution in [3.05, 3.63) is 34.9 Å². The van der Waals surface area contributed by atoms with Crippen LogP contribution in [0.1, 0.15) is 19.4 Å². The largest absolute Gasteiger partial charge is 0.311 e. The van der Waals surface area contributed by atoms with E-state index in [0.29, 0.717) is 12.1 Å². The van der Waals surface area contributed by atoms with E-state index in [9.17, 15) is 0 Å². The second kappa shape index (κ2) is 5.17. The average Bonchev–Trinajstić information content (AvgIpc) is 2.24. The van der Waals surface area contributed by atoms with Crippen molar-refractivity contribution in [2.45, 2.75) is 32.5 Å². The Morgan fingerprint density at radius 2 is 2.25 bits per heavy atom. The van der Waals surface area contributed by atoms with Crippen molar-refractivity contribution in [2.75, 3.05) is 13.1 Å². The predicted octanol–water partition coefficient (Wildman–Crippen LogP) is 2.52. The molecule has 0 radical (unpaired) electrons. The Kier molecular flexibility index (Phi) is 3.85. The first-order valence-corrected chi connectivity index (χ1v) is 6.25. The number of nitrogens with zero attached hydrogens (tertiary/aromatic N) is 1. The van der Waals surface area contributed by atoms with E-state index in [1.54, 1.807) is 0 Å². The lowest BCUT2D eigenvalue weighted by Crippen LogP contribution is -2.53. The van der Waals surface area contributed by atoms with Gasteiger partial charge in [0.05, 0.1) is 0 Å². The van der Waals surface area contributed by atoms with Gasteiger partial charge in [0.1, 0.15) is 0 Å². The van der Waals surface area contributed by atoms with Crippen molar-refractivity contribution in [1.29, 1.82) is 0 Å². The van der Waals surface area contributed by atoms with Gasteiger partial charge in [0.15, 0.2) is 0 Å². The van der Waals surface area contributed by atoms with Crippen LogP contribution in [0.15, 0.2) is 24.3 Å². The van der Waals surface area contributed by atoms with Crippen LogP contribution in [0, 0.1) is 0 Å². The molecule has 0 bridgehead atoms. The van der Waals surface area contributed by atoms with Crippen molar-refractivity contribution in [3.8, 4) is 0 Å². The SMILES string of the molecule is CC1CN(Cc2cccc(Cl)c2)[C@H](C)CN1. The Morgan fingerprint density at radius 1 is 1.44 bits per heavy atom. The Labute approximate surface area is 103 Å². The average molecular weight is 239 g/mol. The molecule has 1 saturated heterocycles. The monoisotopic (exact) mass is 238 g/mol. The van der Waals surface area contributed by atoms with Gasteiger partial charge < -0.3 is 5.32 Å². The first-order chi connectivity index (χ1) is 7.65. The number of hydrogen-bond donors (Lipinski definition) is 1. The molecule has 88 valence electrons. The fourth-order valence-electron chi connectivity index (χ4n) is 2.19. The van der Waals surface area contributed by atoms with Gasteiger partial charge in [-0.15, -0.1) is 0 Å². The summed E-state index contributed by atoms with van der Waals surface area (Å²) in [6.45, 7) is 7.67. The summed E-state index contributed by atoms with van der Waals surface area (Å²) < 4.78 is 0. The summed E-state index contributed by atoms with van der Waals surface area (Å²) in [4.78, 5) is 2.51. The van der Waals surface area contributed by atoms with E-state index >= 15 is 0 Å². The highest BCUT2D eigenvalue weighted by Crippen LogP contribution is 2.15. The molecular formula is C13H19ClN2. The van der Waals surface area contributed by atoms with Crippen LogP contribution in [0.25, 0.3) is 0 Å². The van der Waals surface area contributed by atoms with Crippen LogP contribution < -0.4 is 5.32 Å². The molecule has 1 fully saturated rings. The van der Waals surface area contributed by atoms with E-state index in [2.05, 4.69) is 36.2 Å². The lowest BCUT2D eigenvalue weighted by molar-refractivity contribution is 0.139. The minimum absolute atomic E-state index is 0.579. The smallest absolute Gasteiger partial charge is 0.0409 e. The maximum Gasteiger partial charge on any atom is 0.0409 e. The zero-order valence-electron chi connectivity index (χ0n) is 9.91. The van der Waals surface area contributed by atoms with E-state index < -0.39 is 0 Å². The summed E-state index contributed by atoms with van der Waals surface area (Å²) in [5.74, 6) is 0. The summed E-state index contributed by atoms with van der Waals surface area (Å²) >= 11 is 6.00. The van der Waals surface area contributed by atoms with Gasteiger partial charge in [0, 0.05) is 36.7 Å². The number of benzene rings is 1. The Morgan fingerprint density at radius 3 is 3.00 bits per heavy atom. The van der Waals surface area contributed by atoms with Crippen molar-refractivity contribution in [3.63, 3.8) is 0 Å². The molecule has 1 N–H and O–H groups in total. The minimum Gasteiger partial charge on any atom is -0.311 e. The van der Waals surface area contributed by atoms with E-state index in [0.717, 1.165) is 24.7 Å². The second-order valence-electron chi connectivity index (χ2n) is 4.72. The van der Waals surface area contributed by atoms with Gasteiger partial charge in [0.25, 0.3) is 0 Å². The van der Waals surface area contributed by atoms with Crippen LogP contribution in [0.3, 0.4) is 0 Å². The van der Waals surface area contributed by atoms with Crippen molar-refractivity contribution < 1.29 is 0 Å². The first-order valence-electron chi connectivity index (χ1n) is 5.87. The molecule has 1 aliphatic rings. The third kappa shape index (κ3) is 2.97. The Bertz CT molecular complexity index is 354. The van der Waals surface area contributed by atoms with Crippen molar-refractivity contribution in [2.24, 2.45) is 0 Å². The van der Waals surface area contributed by atoms with Crippen LogP contribution in [0.4, 0.5) is 0 Å². The standard InChI is InChI=1S/C13H19ClN2/c1-10-8-16(11(2)7-15-10)9-12-4-3-5-13(14)6-12/h3-6,10-11,15H,7-9H2,1-2H3/t10?,11-/m1/s1. The van der Waals surface area contributed by atoms with E-state index in [4.69, 9.17) is 11.6 Å². The highest BCUT2D eigenvalue weighted by molar-refractivity contribution is 6.30. The molecule has 2 atom stereocenters. The number of halogens is 1. The molecular weight excluding hydrogens is 220 g/mol.